The highest BCUT2D eigenvalue weighted by Crippen LogP contribution is 2.24. The van der Waals surface area contributed by atoms with Gasteiger partial charge in [0.15, 0.2) is 0 Å². The van der Waals surface area contributed by atoms with Gasteiger partial charge in [-0.3, -0.25) is 4.79 Å². The third-order valence-corrected chi connectivity index (χ3v) is 2.90. The minimum Gasteiger partial charge on any atom is -0.453 e. The molecule has 0 atom stereocenters. The maximum absolute atomic E-state index is 12.0. The first-order valence-electron chi connectivity index (χ1n) is 5.89. The SMILES string of the molecule is Cc1ccc(Br)cc1N(C)C(=O)C(=O)OC(C)(C)C. The van der Waals surface area contributed by atoms with E-state index in [1.54, 1.807) is 33.9 Å². The van der Waals surface area contributed by atoms with Crippen LogP contribution in [0.3, 0.4) is 0 Å². The maximum atomic E-state index is 12.0. The zero-order valence-corrected chi connectivity index (χ0v) is 13.4. The lowest BCUT2D eigenvalue weighted by Crippen LogP contribution is -2.38. The molecule has 0 fully saturated rings. The van der Waals surface area contributed by atoms with E-state index in [2.05, 4.69) is 15.9 Å². The van der Waals surface area contributed by atoms with Gasteiger partial charge in [-0.05, 0) is 45.4 Å². The Kier molecular flexibility index (Phi) is 4.74. The van der Waals surface area contributed by atoms with Crippen molar-refractivity contribution in [3.05, 3.63) is 28.2 Å². The molecule has 1 rings (SSSR count). The number of esters is 1. The van der Waals surface area contributed by atoms with Crippen molar-refractivity contribution in [3.63, 3.8) is 0 Å². The van der Waals surface area contributed by atoms with Crippen LogP contribution in [0.4, 0.5) is 5.69 Å². The molecule has 1 amide bonds. The van der Waals surface area contributed by atoms with Crippen LogP contribution >= 0.6 is 15.9 Å². The van der Waals surface area contributed by atoms with Gasteiger partial charge in [-0.25, -0.2) is 4.79 Å². The number of aryl methyl sites for hydroxylation is 1. The van der Waals surface area contributed by atoms with Gasteiger partial charge in [0.25, 0.3) is 0 Å². The maximum Gasteiger partial charge on any atom is 0.397 e. The summed E-state index contributed by atoms with van der Waals surface area (Å²) < 4.78 is 5.91. The Labute approximate surface area is 121 Å². The van der Waals surface area contributed by atoms with Crippen LogP contribution in [0.25, 0.3) is 0 Å². The Bertz CT molecular complexity index is 506. The monoisotopic (exact) mass is 327 g/mol. The van der Waals surface area contributed by atoms with E-state index >= 15 is 0 Å². The number of benzene rings is 1. The summed E-state index contributed by atoms with van der Waals surface area (Å²) >= 11 is 3.35. The molecule has 0 aliphatic rings. The number of likely N-dealkylation sites (N-methyl/N-ethyl adjacent to an activating group) is 1. The second-order valence-corrected chi connectivity index (χ2v) is 6.21. The van der Waals surface area contributed by atoms with Crippen molar-refractivity contribution in [2.45, 2.75) is 33.3 Å². The fourth-order valence-corrected chi connectivity index (χ4v) is 1.86. The predicted molar refractivity (Wildman–Crippen MR) is 78.1 cm³/mol. The molecule has 0 saturated heterocycles. The van der Waals surface area contributed by atoms with E-state index in [-0.39, 0.29) is 0 Å². The molecular formula is C14H18BrNO3. The topological polar surface area (TPSA) is 46.6 Å². The smallest absolute Gasteiger partial charge is 0.397 e. The highest BCUT2D eigenvalue weighted by Gasteiger charge is 2.27. The van der Waals surface area contributed by atoms with E-state index in [0.29, 0.717) is 5.69 Å². The molecular weight excluding hydrogens is 310 g/mol. The number of hydrogen-bond acceptors (Lipinski definition) is 3. The molecule has 0 aliphatic carbocycles. The minimum absolute atomic E-state index is 0.672. The van der Waals surface area contributed by atoms with Crippen LogP contribution in [0.1, 0.15) is 26.3 Å². The van der Waals surface area contributed by atoms with Gasteiger partial charge in [0.1, 0.15) is 5.60 Å². The lowest BCUT2D eigenvalue weighted by atomic mass is 10.2. The molecule has 0 bridgehead atoms. The number of carbonyl (C=O) groups is 2. The summed E-state index contributed by atoms with van der Waals surface area (Å²) in [6, 6.07) is 5.54. The van der Waals surface area contributed by atoms with Crippen LogP contribution in [-0.4, -0.2) is 24.5 Å². The van der Waals surface area contributed by atoms with Crippen LogP contribution < -0.4 is 4.90 Å². The Morgan fingerprint density at radius 3 is 2.37 bits per heavy atom. The van der Waals surface area contributed by atoms with E-state index in [0.717, 1.165) is 10.0 Å². The second kappa shape index (κ2) is 5.74. The quantitative estimate of drug-likeness (QED) is 0.588. The number of anilines is 1. The zero-order valence-electron chi connectivity index (χ0n) is 11.8. The van der Waals surface area contributed by atoms with E-state index < -0.39 is 17.5 Å². The van der Waals surface area contributed by atoms with Crippen molar-refractivity contribution in [2.75, 3.05) is 11.9 Å². The first kappa shape index (κ1) is 15.7. The summed E-state index contributed by atoms with van der Waals surface area (Å²) in [4.78, 5) is 25.1. The first-order valence-corrected chi connectivity index (χ1v) is 6.68. The first-order chi connectivity index (χ1) is 8.61. The van der Waals surface area contributed by atoms with Gasteiger partial charge in [0, 0.05) is 17.2 Å². The Hall–Kier alpha value is -1.36. The van der Waals surface area contributed by atoms with Crippen molar-refractivity contribution < 1.29 is 14.3 Å². The molecule has 104 valence electrons. The summed E-state index contributed by atoms with van der Waals surface area (Å²) in [5.74, 6) is -1.54. The minimum atomic E-state index is -0.852. The van der Waals surface area contributed by atoms with Crippen LogP contribution in [0.15, 0.2) is 22.7 Å². The molecule has 4 nitrogen and oxygen atoms in total. The van der Waals surface area contributed by atoms with Gasteiger partial charge in [-0.2, -0.15) is 0 Å². The molecule has 0 radical (unpaired) electrons. The number of halogens is 1. The van der Waals surface area contributed by atoms with Crippen LogP contribution in [-0.2, 0) is 14.3 Å². The standard InChI is InChI=1S/C14H18BrNO3/c1-9-6-7-10(15)8-11(9)16(5)12(17)13(18)19-14(2,3)4/h6-8H,1-5H3. The summed E-state index contributed by atoms with van der Waals surface area (Å²) in [5, 5.41) is 0. The number of nitrogens with zero attached hydrogens (tertiary/aromatic N) is 1. The summed E-state index contributed by atoms with van der Waals surface area (Å²) in [6.45, 7) is 7.05. The third kappa shape index (κ3) is 4.35. The Balaban J connectivity index is 2.94. The van der Waals surface area contributed by atoms with Gasteiger partial charge >= 0.3 is 11.9 Å². The van der Waals surface area contributed by atoms with Crippen LogP contribution in [0.2, 0.25) is 0 Å². The van der Waals surface area contributed by atoms with Gasteiger partial charge in [-0.15, -0.1) is 0 Å². The van der Waals surface area contributed by atoms with Gasteiger partial charge < -0.3 is 9.64 Å². The third-order valence-electron chi connectivity index (χ3n) is 2.41. The normalized spacial score (nSPS) is 11.1. The summed E-state index contributed by atoms with van der Waals surface area (Å²) in [6.07, 6.45) is 0. The molecule has 0 heterocycles. The Morgan fingerprint density at radius 2 is 1.84 bits per heavy atom. The second-order valence-electron chi connectivity index (χ2n) is 5.30. The van der Waals surface area contributed by atoms with Crippen LogP contribution in [0.5, 0.6) is 0 Å². The lowest BCUT2D eigenvalue weighted by molar-refractivity contribution is -0.162. The van der Waals surface area contributed by atoms with Crippen molar-refractivity contribution in [3.8, 4) is 0 Å². The van der Waals surface area contributed by atoms with Gasteiger partial charge in [-0.1, -0.05) is 22.0 Å². The molecule has 5 heteroatoms. The van der Waals surface area contributed by atoms with Crippen molar-refractivity contribution in [1.82, 2.24) is 0 Å². The summed E-state index contributed by atoms with van der Waals surface area (Å²) in [7, 11) is 1.56. The molecule has 0 saturated carbocycles. The molecule has 1 aromatic carbocycles. The van der Waals surface area contributed by atoms with E-state index in [1.165, 1.54) is 4.90 Å². The molecule has 0 spiro atoms. The predicted octanol–water partition coefficient (Wildman–Crippen LogP) is 3.06. The number of ether oxygens (including phenoxy) is 1. The molecule has 19 heavy (non-hydrogen) atoms. The number of amides is 1. The fraction of sp³-hybridized carbons (Fsp3) is 0.429. The molecule has 0 aliphatic heterocycles. The highest BCUT2D eigenvalue weighted by atomic mass is 79.9. The Morgan fingerprint density at radius 1 is 1.26 bits per heavy atom. The summed E-state index contributed by atoms with van der Waals surface area (Å²) in [5.41, 5.74) is 0.896. The number of carbonyl (C=O) groups excluding carboxylic acids is 2. The van der Waals surface area contributed by atoms with E-state index in [1.807, 2.05) is 19.1 Å². The molecule has 1 aromatic rings. The average molecular weight is 328 g/mol. The van der Waals surface area contributed by atoms with Crippen LogP contribution in [0, 0.1) is 6.92 Å². The number of rotatable bonds is 1. The van der Waals surface area contributed by atoms with Crippen molar-refractivity contribution >= 4 is 33.5 Å². The molecule has 0 aromatic heterocycles. The van der Waals surface area contributed by atoms with Gasteiger partial charge in [0.05, 0.1) is 0 Å². The molecule has 0 unspecified atom stereocenters. The zero-order chi connectivity index (χ0) is 14.8. The van der Waals surface area contributed by atoms with E-state index in [4.69, 9.17) is 4.74 Å². The van der Waals surface area contributed by atoms with Gasteiger partial charge in [0.2, 0.25) is 0 Å². The fourth-order valence-electron chi connectivity index (χ4n) is 1.51. The van der Waals surface area contributed by atoms with Crippen molar-refractivity contribution in [1.29, 1.82) is 0 Å². The molecule has 0 N–H and O–H groups in total. The lowest BCUT2D eigenvalue weighted by Gasteiger charge is -2.23. The number of hydrogen-bond donors (Lipinski definition) is 0. The average Bonchev–Trinajstić information content (AvgIpc) is 2.28. The van der Waals surface area contributed by atoms with E-state index in [9.17, 15) is 9.59 Å². The highest BCUT2D eigenvalue weighted by molar-refractivity contribution is 9.10. The van der Waals surface area contributed by atoms with Crippen molar-refractivity contribution in [2.24, 2.45) is 0 Å². The largest absolute Gasteiger partial charge is 0.453 e.